The highest BCUT2D eigenvalue weighted by Gasteiger charge is 2.10. The Hall–Kier alpha value is -2.20. The minimum atomic E-state index is 0.582. The van der Waals surface area contributed by atoms with Crippen molar-refractivity contribution < 1.29 is 4.74 Å². The molecule has 3 rings (SSSR count). The number of nitrogens with one attached hydrogen (secondary N) is 2. The van der Waals surface area contributed by atoms with Crippen LogP contribution in [0.15, 0.2) is 42.6 Å². The molecule has 21 heavy (non-hydrogen) atoms. The number of anilines is 1. The van der Waals surface area contributed by atoms with Gasteiger partial charge in [0.05, 0.1) is 29.6 Å². The Balaban J connectivity index is 1.82. The smallest absolute Gasteiger partial charge is 0.237 e. The first-order valence-electron chi connectivity index (χ1n) is 6.86. The van der Waals surface area contributed by atoms with Crippen molar-refractivity contribution in [2.24, 2.45) is 0 Å². The third kappa shape index (κ3) is 2.81. The highest BCUT2D eigenvalue weighted by molar-refractivity contribution is 6.36. The van der Waals surface area contributed by atoms with Crippen molar-refractivity contribution >= 4 is 28.2 Å². The normalized spacial score (nSPS) is 10.8. The number of aromatic amines is 1. The van der Waals surface area contributed by atoms with E-state index < -0.39 is 0 Å². The van der Waals surface area contributed by atoms with Gasteiger partial charge in [-0.3, -0.25) is 0 Å². The fraction of sp³-hybridized carbons (Fsp3) is 0.188. The number of ether oxygens (including phenoxy) is 1. The van der Waals surface area contributed by atoms with Crippen LogP contribution in [0, 0.1) is 0 Å². The van der Waals surface area contributed by atoms with E-state index in [4.69, 9.17) is 16.3 Å². The number of H-pyrrole nitrogens is 1. The number of hydrogen-bond acceptors (Lipinski definition) is 3. The summed E-state index contributed by atoms with van der Waals surface area (Å²) in [5, 5.41) is 5.10. The lowest BCUT2D eigenvalue weighted by Gasteiger charge is -2.10. The van der Waals surface area contributed by atoms with Crippen LogP contribution >= 0.6 is 11.6 Å². The first-order valence-corrected chi connectivity index (χ1v) is 7.24. The maximum absolute atomic E-state index is 6.41. The molecule has 0 atom stereocenters. The van der Waals surface area contributed by atoms with E-state index in [1.165, 1.54) is 0 Å². The molecule has 0 bridgehead atoms. The van der Waals surface area contributed by atoms with E-state index in [9.17, 15) is 0 Å². The fourth-order valence-corrected chi connectivity index (χ4v) is 2.52. The van der Waals surface area contributed by atoms with Crippen LogP contribution in [0.5, 0.6) is 5.88 Å². The molecule has 5 heteroatoms. The Morgan fingerprint density at radius 2 is 2.10 bits per heavy atom. The van der Waals surface area contributed by atoms with Crippen LogP contribution in [0.2, 0.25) is 5.02 Å². The van der Waals surface area contributed by atoms with Gasteiger partial charge in [-0.2, -0.15) is 0 Å². The van der Waals surface area contributed by atoms with Crippen LogP contribution in [0.4, 0.5) is 5.69 Å². The minimum absolute atomic E-state index is 0.582. The molecule has 2 heterocycles. The molecule has 0 aliphatic rings. The number of rotatable bonds is 5. The molecule has 0 amide bonds. The standard InChI is InChI=1S/C16H16ClN3O/c1-2-21-16-13(8-5-9-18-16)19-10-14-15(17)11-6-3-4-7-12(11)20-14/h3-9,19-20H,2,10H2,1H3. The predicted octanol–water partition coefficient (Wildman–Crippen LogP) is 4.23. The second-order valence-electron chi connectivity index (χ2n) is 4.61. The molecule has 0 spiro atoms. The van der Waals surface area contributed by atoms with Crippen molar-refractivity contribution in [2.45, 2.75) is 13.5 Å². The first-order chi connectivity index (χ1) is 10.3. The summed E-state index contributed by atoms with van der Waals surface area (Å²) in [7, 11) is 0. The number of halogens is 1. The van der Waals surface area contributed by atoms with Gasteiger partial charge in [-0.25, -0.2) is 4.98 Å². The zero-order chi connectivity index (χ0) is 14.7. The molecule has 1 aromatic carbocycles. The third-order valence-corrected chi connectivity index (χ3v) is 3.65. The van der Waals surface area contributed by atoms with E-state index in [1.54, 1.807) is 6.20 Å². The molecule has 2 N–H and O–H groups in total. The summed E-state index contributed by atoms with van der Waals surface area (Å²) in [6.45, 7) is 3.10. The predicted molar refractivity (Wildman–Crippen MR) is 86.0 cm³/mol. The van der Waals surface area contributed by atoms with Crippen LogP contribution in [0.25, 0.3) is 10.9 Å². The quantitative estimate of drug-likeness (QED) is 0.741. The maximum atomic E-state index is 6.41. The number of hydrogen-bond donors (Lipinski definition) is 2. The molecule has 0 radical (unpaired) electrons. The summed E-state index contributed by atoms with van der Waals surface area (Å²) in [4.78, 5) is 7.55. The van der Waals surface area contributed by atoms with Crippen molar-refractivity contribution in [3.63, 3.8) is 0 Å². The second kappa shape index (κ2) is 6.06. The lowest BCUT2D eigenvalue weighted by atomic mass is 10.2. The molecule has 0 unspecified atom stereocenters. The van der Waals surface area contributed by atoms with E-state index in [0.29, 0.717) is 19.0 Å². The summed E-state index contributed by atoms with van der Waals surface area (Å²) in [6.07, 6.45) is 1.71. The van der Waals surface area contributed by atoms with Gasteiger partial charge in [0.25, 0.3) is 0 Å². The van der Waals surface area contributed by atoms with Gasteiger partial charge in [-0.1, -0.05) is 29.8 Å². The van der Waals surface area contributed by atoms with Crippen LogP contribution in [-0.4, -0.2) is 16.6 Å². The molecule has 0 aliphatic carbocycles. The van der Waals surface area contributed by atoms with Gasteiger partial charge in [-0.05, 0) is 25.1 Å². The molecule has 3 aromatic rings. The number of aromatic nitrogens is 2. The van der Waals surface area contributed by atoms with Crippen molar-refractivity contribution in [1.82, 2.24) is 9.97 Å². The van der Waals surface area contributed by atoms with Crippen LogP contribution in [0.3, 0.4) is 0 Å². The Morgan fingerprint density at radius 3 is 2.90 bits per heavy atom. The van der Waals surface area contributed by atoms with Crippen LogP contribution in [-0.2, 0) is 6.54 Å². The van der Waals surface area contributed by atoms with E-state index in [2.05, 4.69) is 15.3 Å². The monoisotopic (exact) mass is 301 g/mol. The zero-order valence-corrected chi connectivity index (χ0v) is 12.4. The Bertz CT molecular complexity index is 754. The van der Waals surface area contributed by atoms with Crippen molar-refractivity contribution in [2.75, 3.05) is 11.9 Å². The van der Waals surface area contributed by atoms with Gasteiger partial charge in [-0.15, -0.1) is 0 Å². The molecule has 108 valence electrons. The molecular weight excluding hydrogens is 286 g/mol. The highest BCUT2D eigenvalue weighted by Crippen LogP contribution is 2.28. The second-order valence-corrected chi connectivity index (χ2v) is 4.98. The number of nitrogens with zero attached hydrogens (tertiary/aromatic N) is 1. The summed E-state index contributed by atoms with van der Waals surface area (Å²) >= 11 is 6.41. The summed E-state index contributed by atoms with van der Waals surface area (Å²) in [5.74, 6) is 0.604. The van der Waals surface area contributed by atoms with Gasteiger partial charge >= 0.3 is 0 Å². The van der Waals surface area contributed by atoms with E-state index in [1.807, 2.05) is 43.3 Å². The SMILES string of the molecule is CCOc1ncccc1NCc1[nH]c2ccccc2c1Cl. The maximum Gasteiger partial charge on any atom is 0.237 e. The van der Waals surface area contributed by atoms with Crippen molar-refractivity contribution in [1.29, 1.82) is 0 Å². The summed E-state index contributed by atoms with van der Waals surface area (Å²) in [6, 6.07) is 11.8. The average Bonchev–Trinajstić information content (AvgIpc) is 2.84. The summed E-state index contributed by atoms with van der Waals surface area (Å²) in [5.41, 5.74) is 2.84. The van der Waals surface area contributed by atoms with Crippen LogP contribution in [0.1, 0.15) is 12.6 Å². The molecule has 2 aromatic heterocycles. The number of benzene rings is 1. The van der Waals surface area contributed by atoms with Crippen molar-refractivity contribution in [3.8, 4) is 5.88 Å². The van der Waals surface area contributed by atoms with Gasteiger partial charge in [0, 0.05) is 17.1 Å². The van der Waals surface area contributed by atoms with Gasteiger partial charge in [0.1, 0.15) is 0 Å². The highest BCUT2D eigenvalue weighted by atomic mass is 35.5. The molecule has 0 saturated heterocycles. The van der Waals surface area contributed by atoms with E-state index in [0.717, 1.165) is 27.3 Å². The number of fused-ring (bicyclic) bond motifs is 1. The van der Waals surface area contributed by atoms with E-state index in [-0.39, 0.29) is 0 Å². The molecule has 0 aliphatic heterocycles. The minimum Gasteiger partial charge on any atom is -0.476 e. The van der Waals surface area contributed by atoms with Gasteiger partial charge < -0.3 is 15.0 Å². The van der Waals surface area contributed by atoms with Crippen LogP contribution < -0.4 is 10.1 Å². The Kier molecular flexibility index (Phi) is 3.97. The number of pyridine rings is 1. The molecule has 0 fully saturated rings. The topological polar surface area (TPSA) is 49.9 Å². The zero-order valence-electron chi connectivity index (χ0n) is 11.7. The first kappa shape index (κ1) is 13.8. The van der Waals surface area contributed by atoms with Crippen molar-refractivity contribution in [3.05, 3.63) is 53.3 Å². The lowest BCUT2D eigenvalue weighted by molar-refractivity contribution is 0.328. The average molecular weight is 302 g/mol. The molecule has 4 nitrogen and oxygen atoms in total. The van der Waals surface area contributed by atoms with E-state index >= 15 is 0 Å². The van der Waals surface area contributed by atoms with Gasteiger partial charge in [0.15, 0.2) is 0 Å². The lowest BCUT2D eigenvalue weighted by Crippen LogP contribution is -2.04. The largest absolute Gasteiger partial charge is 0.476 e. The Morgan fingerprint density at radius 1 is 1.24 bits per heavy atom. The third-order valence-electron chi connectivity index (χ3n) is 3.22. The molecule has 0 saturated carbocycles. The Labute approximate surface area is 128 Å². The van der Waals surface area contributed by atoms with Gasteiger partial charge in [0.2, 0.25) is 5.88 Å². The molecular formula is C16H16ClN3O. The summed E-state index contributed by atoms with van der Waals surface area (Å²) < 4.78 is 5.50. The fourth-order valence-electron chi connectivity index (χ4n) is 2.25. The number of para-hydroxylation sites is 1.